The van der Waals surface area contributed by atoms with E-state index in [4.69, 9.17) is 4.74 Å². The predicted molar refractivity (Wildman–Crippen MR) is 124 cm³/mol. The van der Waals surface area contributed by atoms with Gasteiger partial charge in [-0.3, -0.25) is 24.0 Å². The maximum Gasteiger partial charge on any atom is 0.307 e. The molecule has 4 rings (SSSR count). The number of ether oxygens (including phenoxy) is 1. The first-order valence-electron chi connectivity index (χ1n) is 10.9. The third kappa shape index (κ3) is 4.91. The van der Waals surface area contributed by atoms with Crippen molar-refractivity contribution in [1.82, 2.24) is 0 Å². The number of ketones is 3. The summed E-state index contributed by atoms with van der Waals surface area (Å²) in [5.74, 6) is -3.02. The van der Waals surface area contributed by atoms with E-state index in [1.165, 1.54) is 31.2 Å². The lowest BCUT2D eigenvalue weighted by Gasteiger charge is -2.21. The molecule has 1 N–H and O–H groups in total. The molecule has 1 amide bonds. The molecular weight excluding hydrogens is 453 g/mol. The number of hydrogen-bond donors (Lipinski definition) is 1. The van der Waals surface area contributed by atoms with E-state index in [-0.39, 0.29) is 52.3 Å². The zero-order valence-corrected chi connectivity index (χ0v) is 18.7. The molecule has 1 aliphatic rings. The van der Waals surface area contributed by atoms with Crippen LogP contribution in [0.15, 0.2) is 66.7 Å². The van der Waals surface area contributed by atoms with Crippen molar-refractivity contribution >= 4 is 34.9 Å². The van der Waals surface area contributed by atoms with Crippen LogP contribution in [0.5, 0.6) is 0 Å². The topological polar surface area (TPSA) is 107 Å². The maximum atomic E-state index is 13.0. The van der Waals surface area contributed by atoms with Gasteiger partial charge < -0.3 is 10.1 Å². The highest BCUT2D eigenvalue weighted by atomic mass is 19.1. The molecule has 0 saturated carbocycles. The third-order valence-corrected chi connectivity index (χ3v) is 5.61. The number of nitrogens with one attached hydrogen (secondary N) is 1. The van der Waals surface area contributed by atoms with Gasteiger partial charge in [-0.15, -0.1) is 0 Å². The van der Waals surface area contributed by atoms with Crippen molar-refractivity contribution in [3.63, 3.8) is 0 Å². The molecule has 1 unspecified atom stereocenters. The van der Waals surface area contributed by atoms with E-state index in [0.29, 0.717) is 5.56 Å². The summed E-state index contributed by atoms with van der Waals surface area (Å²) < 4.78 is 18.1. The Labute approximate surface area is 199 Å². The highest BCUT2D eigenvalue weighted by Gasteiger charge is 2.32. The molecule has 0 aliphatic heterocycles. The van der Waals surface area contributed by atoms with Crippen LogP contribution >= 0.6 is 0 Å². The number of amides is 1. The molecular formula is C27H20FNO6. The van der Waals surface area contributed by atoms with Crippen LogP contribution in [-0.2, 0) is 14.3 Å². The number of Topliss-reactive ketones (excluding diaryl/α,β-unsaturated/α-hetero) is 1. The average Bonchev–Trinajstić information content (AvgIpc) is 2.86. The monoisotopic (exact) mass is 473 g/mol. The van der Waals surface area contributed by atoms with Crippen LogP contribution in [0.3, 0.4) is 0 Å². The van der Waals surface area contributed by atoms with Gasteiger partial charge in [-0.1, -0.05) is 36.4 Å². The molecule has 0 saturated heterocycles. The van der Waals surface area contributed by atoms with E-state index in [1.807, 2.05) is 0 Å². The van der Waals surface area contributed by atoms with Crippen LogP contribution in [0.4, 0.5) is 10.1 Å². The van der Waals surface area contributed by atoms with E-state index in [2.05, 4.69) is 5.32 Å². The largest absolute Gasteiger partial charge is 0.453 e. The van der Waals surface area contributed by atoms with Crippen LogP contribution in [0, 0.1) is 5.82 Å². The summed E-state index contributed by atoms with van der Waals surface area (Å²) in [5.41, 5.74) is 1.20. The van der Waals surface area contributed by atoms with E-state index >= 15 is 0 Å². The van der Waals surface area contributed by atoms with Gasteiger partial charge in [0, 0.05) is 28.7 Å². The molecule has 35 heavy (non-hydrogen) atoms. The van der Waals surface area contributed by atoms with Crippen molar-refractivity contribution < 1.29 is 33.1 Å². The van der Waals surface area contributed by atoms with Gasteiger partial charge in [-0.2, -0.15) is 0 Å². The van der Waals surface area contributed by atoms with Gasteiger partial charge in [0.2, 0.25) is 0 Å². The van der Waals surface area contributed by atoms with Crippen LogP contribution in [0.2, 0.25) is 0 Å². The van der Waals surface area contributed by atoms with E-state index < -0.39 is 29.6 Å². The fraction of sp³-hybridized carbons (Fsp3) is 0.148. The third-order valence-electron chi connectivity index (χ3n) is 5.61. The van der Waals surface area contributed by atoms with E-state index in [9.17, 15) is 28.4 Å². The Morgan fingerprint density at radius 2 is 1.46 bits per heavy atom. The number of anilines is 1. The Kier molecular flexibility index (Phi) is 6.64. The van der Waals surface area contributed by atoms with Crippen molar-refractivity contribution in [3.8, 4) is 0 Å². The van der Waals surface area contributed by atoms with Gasteiger partial charge in [-0.05, 0) is 37.3 Å². The van der Waals surface area contributed by atoms with E-state index in [0.717, 1.165) is 12.1 Å². The first-order valence-corrected chi connectivity index (χ1v) is 10.9. The Morgan fingerprint density at radius 3 is 2.14 bits per heavy atom. The SMILES string of the molecule is CC(OC(=O)CCC(=O)c1ccc(F)cc1)C(=O)Nc1cccc2c1C(=O)c1ccccc1C2=O. The van der Waals surface area contributed by atoms with Gasteiger partial charge in [0.05, 0.1) is 17.7 Å². The van der Waals surface area contributed by atoms with Gasteiger partial charge in [0.1, 0.15) is 5.82 Å². The maximum absolute atomic E-state index is 13.0. The number of esters is 1. The number of hydrogen-bond acceptors (Lipinski definition) is 6. The Balaban J connectivity index is 1.40. The molecule has 0 spiro atoms. The zero-order chi connectivity index (χ0) is 25.1. The first-order chi connectivity index (χ1) is 16.8. The van der Waals surface area contributed by atoms with Gasteiger partial charge in [-0.25, -0.2) is 4.39 Å². The van der Waals surface area contributed by atoms with Crippen LogP contribution in [0.1, 0.15) is 62.0 Å². The summed E-state index contributed by atoms with van der Waals surface area (Å²) in [6, 6.07) is 15.9. The standard InChI is InChI=1S/C27H20FNO6/c1-15(35-23(31)14-13-22(30)16-9-11-17(28)12-10-16)27(34)29-21-8-4-7-20-24(21)26(33)19-6-3-2-5-18(19)25(20)32/h2-12,15H,13-14H2,1H3,(H,29,34). The summed E-state index contributed by atoms with van der Waals surface area (Å²) >= 11 is 0. The molecule has 7 nitrogen and oxygen atoms in total. The highest BCUT2D eigenvalue weighted by molar-refractivity contribution is 6.30. The fourth-order valence-corrected chi connectivity index (χ4v) is 3.79. The molecule has 1 aliphatic carbocycles. The van der Waals surface area contributed by atoms with Crippen LogP contribution < -0.4 is 5.32 Å². The smallest absolute Gasteiger partial charge is 0.307 e. The summed E-state index contributed by atoms with van der Waals surface area (Å²) in [5, 5.41) is 2.56. The van der Waals surface area contributed by atoms with Crippen LogP contribution in [-0.4, -0.2) is 35.3 Å². The molecule has 8 heteroatoms. The summed E-state index contributed by atoms with van der Waals surface area (Å²) in [6.45, 7) is 1.35. The fourth-order valence-electron chi connectivity index (χ4n) is 3.79. The van der Waals surface area contributed by atoms with Crippen LogP contribution in [0.25, 0.3) is 0 Å². The minimum absolute atomic E-state index is 0.0768. The minimum atomic E-state index is -1.22. The number of halogens is 1. The zero-order valence-electron chi connectivity index (χ0n) is 18.7. The lowest BCUT2D eigenvalue weighted by atomic mass is 9.83. The molecule has 0 aromatic heterocycles. The summed E-state index contributed by atoms with van der Waals surface area (Å²) in [4.78, 5) is 62.8. The van der Waals surface area contributed by atoms with Gasteiger partial charge in [0.15, 0.2) is 23.5 Å². The second-order valence-corrected chi connectivity index (χ2v) is 7.98. The highest BCUT2D eigenvalue weighted by Crippen LogP contribution is 2.32. The Morgan fingerprint density at radius 1 is 0.829 bits per heavy atom. The second-order valence-electron chi connectivity index (χ2n) is 7.98. The summed E-state index contributed by atoms with van der Waals surface area (Å²) in [6.07, 6.45) is -1.65. The Bertz CT molecular complexity index is 1360. The lowest BCUT2D eigenvalue weighted by molar-refractivity contribution is -0.153. The van der Waals surface area contributed by atoms with Crippen molar-refractivity contribution in [3.05, 3.63) is 100 Å². The molecule has 3 aromatic rings. The quantitative estimate of drug-likeness (QED) is 0.320. The molecule has 3 aromatic carbocycles. The van der Waals surface area contributed by atoms with Crippen molar-refractivity contribution in [2.24, 2.45) is 0 Å². The number of carbonyl (C=O) groups excluding carboxylic acids is 5. The predicted octanol–water partition coefficient (Wildman–Crippen LogP) is 4.13. The second kappa shape index (κ2) is 9.80. The molecule has 0 radical (unpaired) electrons. The minimum Gasteiger partial charge on any atom is -0.453 e. The van der Waals surface area contributed by atoms with Crippen molar-refractivity contribution in [1.29, 1.82) is 0 Å². The number of carbonyl (C=O) groups is 5. The van der Waals surface area contributed by atoms with Crippen molar-refractivity contribution in [2.75, 3.05) is 5.32 Å². The number of benzene rings is 3. The molecule has 0 bridgehead atoms. The van der Waals surface area contributed by atoms with Gasteiger partial charge >= 0.3 is 5.97 Å². The average molecular weight is 473 g/mol. The summed E-state index contributed by atoms with van der Waals surface area (Å²) in [7, 11) is 0. The van der Waals surface area contributed by atoms with Crippen molar-refractivity contribution in [2.45, 2.75) is 25.9 Å². The molecule has 1 atom stereocenters. The van der Waals surface area contributed by atoms with E-state index in [1.54, 1.807) is 30.3 Å². The Hall–Kier alpha value is -4.46. The number of rotatable bonds is 7. The lowest BCUT2D eigenvalue weighted by Crippen LogP contribution is -2.31. The number of fused-ring (bicyclic) bond motifs is 2. The molecule has 0 heterocycles. The molecule has 0 fully saturated rings. The van der Waals surface area contributed by atoms with Gasteiger partial charge in [0.25, 0.3) is 5.91 Å². The normalized spacial score (nSPS) is 12.9. The first kappa shape index (κ1) is 23.7. The molecule has 176 valence electrons.